The number of nitrogens with one attached hydrogen (secondary N) is 1. The average molecular weight is 456 g/mol. The van der Waals surface area contributed by atoms with E-state index in [-0.39, 0.29) is 23.5 Å². The minimum Gasteiger partial charge on any atom is -0.460 e. The Balaban J connectivity index is 1.48. The fraction of sp³-hybridized carbons (Fsp3) is 0.667. The molecule has 0 heterocycles. The quantitative estimate of drug-likeness (QED) is 0.371. The van der Waals surface area contributed by atoms with Crippen molar-refractivity contribution in [2.75, 3.05) is 0 Å². The highest BCUT2D eigenvalue weighted by atomic mass is 16.5. The summed E-state index contributed by atoms with van der Waals surface area (Å²) in [5.74, 6) is 1.96. The Kier molecular flexibility index (Phi) is 6.83. The molecule has 1 aromatic carbocycles. The maximum atomic E-state index is 12.9. The molecule has 0 radical (unpaired) electrons. The lowest BCUT2D eigenvalue weighted by Crippen LogP contribution is -2.47. The van der Waals surface area contributed by atoms with Gasteiger partial charge in [0.15, 0.2) is 0 Å². The largest absolute Gasteiger partial charge is 0.460 e. The highest BCUT2D eigenvalue weighted by molar-refractivity contribution is 5.78. The summed E-state index contributed by atoms with van der Waals surface area (Å²) in [6.45, 7) is 7.82. The molecule has 2 fully saturated rings. The summed E-state index contributed by atoms with van der Waals surface area (Å²) in [4.78, 5) is 35.3. The first-order valence-corrected chi connectivity index (χ1v) is 12.4. The molecule has 4 rings (SSSR count). The number of amides is 1. The van der Waals surface area contributed by atoms with E-state index in [1.807, 2.05) is 26.0 Å². The van der Waals surface area contributed by atoms with Gasteiger partial charge < -0.3 is 14.8 Å². The van der Waals surface area contributed by atoms with Gasteiger partial charge in [0.05, 0.1) is 0 Å². The van der Waals surface area contributed by atoms with Crippen molar-refractivity contribution in [2.45, 2.75) is 90.7 Å². The fourth-order valence-electron chi connectivity index (χ4n) is 6.94. The van der Waals surface area contributed by atoms with E-state index < -0.39 is 6.04 Å². The van der Waals surface area contributed by atoms with E-state index >= 15 is 0 Å². The van der Waals surface area contributed by atoms with Gasteiger partial charge in [0.25, 0.3) is 0 Å². The molecule has 1 amide bonds. The van der Waals surface area contributed by atoms with Crippen LogP contribution in [0.25, 0.3) is 0 Å². The summed E-state index contributed by atoms with van der Waals surface area (Å²) in [5, 5.41) is 2.66. The Hall–Kier alpha value is -2.37. The summed E-state index contributed by atoms with van der Waals surface area (Å²) in [6.07, 6.45) is 7.27. The first-order chi connectivity index (χ1) is 15.7. The van der Waals surface area contributed by atoms with Crippen molar-refractivity contribution >= 4 is 18.3 Å². The number of aryl methyl sites for hydroxylation is 1. The molecule has 0 aliphatic heterocycles. The minimum absolute atomic E-state index is 0.0183. The van der Waals surface area contributed by atoms with Gasteiger partial charge in [-0.3, -0.25) is 9.59 Å². The highest BCUT2D eigenvalue weighted by Gasteiger charge is 2.56. The van der Waals surface area contributed by atoms with Crippen molar-refractivity contribution in [2.24, 2.45) is 23.2 Å². The smallest absolute Gasteiger partial charge is 0.328 e. The van der Waals surface area contributed by atoms with Gasteiger partial charge in [-0.05, 0) is 91.9 Å². The van der Waals surface area contributed by atoms with Crippen molar-refractivity contribution in [3.8, 4) is 5.75 Å². The van der Waals surface area contributed by atoms with E-state index in [2.05, 4.69) is 18.3 Å². The lowest BCUT2D eigenvalue weighted by Gasteiger charge is -2.50. The second-order valence-corrected chi connectivity index (χ2v) is 10.9. The highest BCUT2D eigenvalue weighted by Crippen LogP contribution is 2.61. The molecule has 6 atom stereocenters. The number of esters is 2. The molecule has 6 nitrogen and oxygen atoms in total. The molecule has 3 aliphatic carbocycles. The van der Waals surface area contributed by atoms with Crippen LogP contribution in [-0.2, 0) is 25.5 Å². The second-order valence-electron chi connectivity index (χ2n) is 10.9. The molecule has 33 heavy (non-hydrogen) atoms. The van der Waals surface area contributed by atoms with Crippen LogP contribution in [0.4, 0.5) is 0 Å². The molecule has 1 aromatic rings. The van der Waals surface area contributed by atoms with Gasteiger partial charge in [-0.2, -0.15) is 0 Å². The van der Waals surface area contributed by atoms with Gasteiger partial charge in [-0.1, -0.05) is 26.8 Å². The summed E-state index contributed by atoms with van der Waals surface area (Å²) in [7, 11) is 0. The zero-order chi connectivity index (χ0) is 23.8. The topological polar surface area (TPSA) is 81.7 Å². The minimum atomic E-state index is -0.575. The number of carbonyl (C=O) groups excluding carboxylic acids is 3. The van der Waals surface area contributed by atoms with Crippen LogP contribution >= 0.6 is 0 Å². The normalized spacial score (nSPS) is 31.1. The van der Waals surface area contributed by atoms with Crippen molar-refractivity contribution in [1.82, 2.24) is 5.32 Å². The summed E-state index contributed by atoms with van der Waals surface area (Å²) in [5.41, 5.74) is 2.68. The average Bonchev–Trinajstić information content (AvgIpc) is 3.08. The number of hydrogen-bond acceptors (Lipinski definition) is 5. The molecule has 2 saturated carbocycles. The predicted octanol–water partition coefficient (Wildman–Crippen LogP) is 4.54. The van der Waals surface area contributed by atoms with E-state index in [9.17, 15) is 14.4 Å². The van der Waals surface area contributed by atoms with E-state index in [1.54, 1.807) is 0 Å². The third kappa shape index (κ3) is 4.67. The molecule has 0 aromatic heterocycles. The van der Waals surface area contributed by atoms with Gasteiger partial charge in [-0.25, -0.2) is 4.79 Å². The van der Waals surface area contributed by atoms with Crippen LogP contribution in [0.5, 0.6) is 5.75 Å². The van der Waals surface area contributed by atoms with E-state index in [0.717, 1.165) is 38.5 Å². The molecule has 0 bridgehead atoms. The Morgan fingerprint density at radius 2 is 2.00 bits per heavy atom. The van der Waals surface area contributed by atoms with Crippen molar-refractivity contribution < 1.29 is 23.9 Å². The van der Waals surface area contributed by atoms with Crippen molar-refractivity contribution in [1.29, 1.82) is 0 Å². The third-order valence-electron chi connectivity index (χ3n) is 8.39. The number of fused-ring (bicyclic) bond motifs is 5. The van der Waals surface area contributed by atoms with Crippen LogP contribution in [0.3, 0.4) is 0 Å². The lowest BCUT2D eigenvalue weighted by atomic mass is 9.55. The van der Waals surface area contributed by atoms with E-state index in [0.29, 0.717) is 42.3 Å². The molecule has 6 heteroatoms. The van der Waals surface area contributed by atoms with Crippen molar-refractivity contribution in [3.63, 3.8) is 0 Å². The lowest BCUT2D eigenvalue weighted by molar-refractivity contribution is -0.161. The number of hydrogen-bond donors (Lipinski definition) is 1. The standard InChI is InChI=1S/C27H37NO5/c1-16(2)13-24(28-15-29)26(31)33-25-10-9-23-22-7-5-18-14-19(32-17(3)30)6-8-20(18)21(22)11-12-27(23,25)4/h6,8,14-16,21-25H,5,7,9-13H2,1-4H3,(H,28,29)/t21?,22?,23?,24?,25-,27-/m0/s1. The molecule has 4 unspecified atom stereocenters. The van der Waals surface area contributed by atoms with Gasteiger partial charge in [0.2, 0.25) is 6.41 Å². The van der Waals surface area contributed by atoms with Gasteiger partial charge in [-0.15, -0.1) is 0 Å². The maximum Gasteiger partial charge on any atom is 0.328 e. The van der Waals surface area contributed by atoms with Gasteiger partial charge in [0, 0.05) is 12.3 Å². The maximum absolute atomic E-state index is 12.9. The Morgan fingerprint density at radius 1 is 1.21 bits per heavy atom. The van der Waals surface area contributed by atoms with Crippen LogP contribution in [-0.4, -0.2) is 30.5 Å². The monoisotopic (exact) mass is 455 g/mol. The summed E-state index contributed by atoms with van der Waals surface area (Å²) >= 11 is 0. The number of ether oxygens (including phenoxy) is 2. The van der Waals surface area contributed by atoms with Crippen LogP contribution in [0, 0.1) is 23.2 Å². The Morgan fingerprint density at radius 3 is 2.70 bits per heavy atom. The molecule has 1 N–H and O–H groups in total. The van der Waals surface area contributed by atoms with Gasteiger partial charge in [0.1, 0.15) is 17.9 Å². The van der Waals surface area contributed by atoms with Crippen molar-refractivity contribution in [3.05, 3.63) is 29.3 Å². The fourth-order valence-corrected chi connectivity index (χ4v) is 6.94. The Labute approximate surface area is 196 Å². The van der Waals surface area contributed by atoms with Gasteiger partial charge >= 0.3 is 11.9 Å². The molecule has 3 aliphatic rings. The molecule has 0 saturated heterocycles. The third-order valence-corrected chi connectivity index (χ3v) is 8.39. The molecule has 180 valence electrons. The van der Waals surface area contributed by atoms with E-state index in [1.165, 1.54) is 18.1 Å². The molecule has 0 spiro atoms. The van der Waals surface area contributed by atoms with Crippen LogP contribution < -0.4 is 10.1 Å². The summed E-state index contributed by atoms with van der Waals surface area (Å²) < 4.78 is 11.4. The van der Waals surface area contributed by atoms with E-state index in [4.69, 9.17) is 9.47 Å². The molecular weight excluding hydrogens is 418 g/mol. The predicted molar refractivity (Wildman–Crippen MR) is 125 cm³/mol. The first-order valence-electron chi connectivity index (χ1n) is 12.4. The van der Waals surface area contributed by atoms with Crippen LogP contribution in [0.1, 0.15) is 83.3 Å². The number of carbonyl (C=O) groups is 3. The van der Waals surface area contributed by atoms with Crippen LogP contribution in [0.15, 0.2) is 18.2 Å². The molecular formula is C27H37NO5. The zero-order valence-corrected chi connectivity index (χ0v) is 20.3. The first kappa shape index (κ1) is 23.8. The number of benzene rings is 1. The SMILES string of the molecule is CC(=O)Oc1ccc2c(c1)CCC1C2CC[C@@]2(C)C1CC[C@@H]2OC(=O)C(CC(C)C)NC=O. The Bertz CT molecular complexity index is 912. The zero-order valence-electron chi connectivity index (χ0n) is 20.3. The second kappa shape index (κ2) is 9.47. The van der Waals surface area contributed by atoms with Crippen LogP contribution in [0.2, 0.25) is 0 Å². The number of rotatable bonds is 7. The summed E-state index contributed by atoms with van der Waals surface area (Å²) in [6, 6.07) is 5.54.